The van der Waals surface area contributed by atoms with Gasteiger partial charge in [-0.2, -0.15) is 13.2 Å². The molecule has 0 N–H and O–H groups in total. The van der Waals surface area contributed by atoms with E-state index >= 15 is 0 Å². The topological polar surface area (TPSA) is 26.3 Å². The van der Waals surface area contributed by atoms with Crippen molar-refractivity contribution in [2.75, 3.05) is 0 Å². The van der Waals surface area contributed by atoms with E-state index < -0.39 is 23.8 Å². The molecule has 0 bridgehead atoms. The zero-order valence-corrected chi connectivity index (χ0v) is 11.7. The molecule has 0 amide bonds. The van der Waals surface area contributed by atoms with Crippen molar-refractivity contribution >= 4 is 5.97 Å². The minimum atomic E-state index is -4.35. The largest absolute Gasteiger partial charge is 0.458 e. The van der Waals surface area contributed by atoms with Gasteiger partial charge in [-0.1, -0.05) is 31.9 Å². The smallest absolute Gasteiger partial charge is 0.416 e. The summed E-state index contributed by atoms with van der Waals surface area (Å²) < 4.78 is 42.7. The van der Waals surface area contributed by atoms with Crippen LogP contribution in [-0.4, -0.2) is 5.97 Å². The molecule has 0 spiro atoms. The molecule has 0 saturated heterocycles. The van der Waals surface area contributed by atoms with Gasteiger partial charge >= 0.3 is 12.1 Å². The lowest BCUT2D eigenvalue weighted by molar-refractivity contribution is -0.147. The summed E-state index contributed by atoms with van der Waals surface area (Å²) >= 11 is 0. The third kappa shape index (κ3) is 5.23. The van der Waals surface area contributed by atoms with Crippen molar-refractivity contribution in [2.45, 2.75) is 51.8 Å². The van der Waals surface area contributed by atoms with Crippen LogP contribution in [0.25, 0.3) is 0 Å². The SMILES string of the molecule is CCCCC[C@H](OC(C)=O)c1ccc(C(F)(F)F)cc1. The summed E-state index contributed by atoms with van der Waals surface area (Å²) in [4.78, 5) is 11.1. The Morgan fingerprint density at radius 1 is 1.20 bits per heavy atom. The predicted octanol–water partition coefficient (Wildman–Crippen LogP) is 4.89. The quantitative estimate of drug-likeness (QED) is 0.550. The van der Waals surface area contributed by atoms with Crippen LogP contribution in [0.3, 0.4) is 0 Å². The minimum Gasteiger partial charge on any atom is -0.458 e. The second-order valence-electron chi connectivity index (χ2n) is 4.71. The summed E-state index contributed by atoms with van der Waals surface area (Å²) in [5.74, 6) is -0.425. The van der Waals surface area contributed by atoms with Gasteiger partial charge in [0.1, 0.15) is 6.10 Å². The van der Waals surface area contributed by atoms with Gasteiger partial charge in [0.2, 0.25) is 0 Å². The van der Waals surface area contributed by atoms with Crippen molar-refractivity contribution in [1.29, 1.82) is 0 Å². The van der Waals surface area contributed by atoms with Gasteiger partial charge in [0.25, 0.3) is 0 Å². The molecule has 112 valence electrons. The predicted molar refractivity (Wildman–Crippen MR) is 70.1 cm³/mol. The standard InChI is InChI=1S/C15H19F3O2/c1-3-4-5-6-14(20-11(2)19)12-7-9-13(10-8-12)15(16,17)18/h7-10,14H,3-6H2,1-2H3/t14-/m0/s1. The van der Waals surface area contributed by atoms with Crippen LogP contribution in [0.5, 0.6) is 0 Å². The molecule has 0 saturated carbocycles. The van der Waals surface area contributed by atoms with Gasteiger partial charge in [-0.3, -0.25) is 4.79 Å². The number of benzene rings is 1. The Bertz CT molecular complexity index is 424. The van der Waals surface area contributed by atoms with Crippen LogP contribution in [0.4, 0.5) is 13.2 Å². The number of hydrogen-bond acceptors (Lipinski definition) is 2. The van der Waals surface area contributed by atoms with Crippen molar-refractivity contribution in [3.05, 3.63) is 35.4 Å². The van der Waals surface area contributed by atoms with Crippen molar-refractivity contribution in [3.8, 4) is 0 Å². The first kappa shape index (κ1) is 16.5. The second kappa shape index (κ2) is 7.31. The Morgan fingerprint density at radius 2 is 1.80 bits per heavy atom. The van der Waals surface area contributed by atoms with Crippen LogP contribution in [0.2, 0.25) is 0 Å². The van der Waals surface area contributed by atoms with Crippen LogP contribution in [-0.2, 0) is 15.7 Å². The third-order valence-electron chi connectivity index (χ3n) is 2.99. The fraction of sp³-hybridized carbons (Fsp3) is 0.533. The Hall–Kier alpha value is -1.52. The van der Waals surface area contributed by atoms with Crippen molar-refractivity contribution in [2.24, 2.45) is 0 Å². The summed E-state index contributed by atoms with van der Waals surface area (Å²) in [5.41, 5.74) is -0.0966. The van der Waals surface area contributed by atoms with E-state index in [1.165, 1.54) is 19.1 Å². The van der Waals surface area contributed by atoms with Crippen molar-refractivity contribution in [1.82, 2.24) is 0 Å². The maximum atomic E-state index is 12.5. The number of ether oxygens (including phenoxy) is 1. The molecule has 20 heavy (non-hydrogen) atoms. The number of carbonyl (C=O) groups excluding carboxylic acids is 1. The van der Waals surface area contributed by atoms with E-state index in [1.807, 2.05) is 0 Å². The number of carbonyl (C=O) groups is 1. The molecule has 1 atom stereocenters. The first-order valence-corrected chi connectivity index (χ1v) is 6.69. The molecule has 0 fully saturated rings. The highest BCUT2D eigenvalue weighted by molar-refractivity contribution is 5.66. The van der Waals surface area contributed by atoms with Crippen molar-refractivity contribution < 1.29 is 22.7 Å². The highest BCUT2D eigenvalue weighted by atomic mass is 19.4. The van der Waals surface area contributed by atoms with E-state index in [4.69, 9.17) is 4.74 Å². The van der Waals surface area contributed by atoms with Crippen LogP contribution in [0.15, 0.2) is 24.3 Å². The van der Waals surface area contributed by atoms with Crippen LogP contribution < -0.4 is 0 Å². The number of rotatable bonds is 6. The lowest BCUT2D eigenvalue weighted by Crippen LogP contribution is -2.10. The average molecular weight is 288 g/mol. The highest BCUT2D eigenvalue weighted by Crippen LogP contribution is 2.31. The van der Waals surface area contributed by atoms with Crippen LogP contribution >= 0.6 is 0 Å². The lowest BCUT2D eigenvalue weighted by atomic mass is 10.0. The molecule has 0 unspecified atom stereocenters. The van der Waals surface area contributed by atoms with E-state index in [0.717, 1.165) is 31.4 Å². The number of esters is 1. The molecular weight excluding hydrogens is 269 g/mol. The van der Waals surface area contributed by atoms with Gasteiger partial charge in [0.05, 0.1) is 5.56 Å². The summed E-state index contributed by atoms with van der Waals surface area (Å²) in [5, 5.41) is 0. The maximum absolute atomic E-state index is 12.5. The molecule has 2 nitrogen and oxygen atoms in total. The van der Waals surface area contributed by atoms with E-state index in [-0.39, 0.29) is 0 Å². The summed E-state index contributed by atoms with van der Waals surface area (Å²) in [6, 6.07) is 4.79. The molecule has 0 aliphatic rings. The highest BCUT2D eigenvalue weighted by Gasteiger charge is 2.30. The van der Waals surface area contributed by atoms with Gasteiger partial charge in [0, 0.05) is 6.92 Å². The first-order chi connectivity index (χ1) is 9.34. The van der Waals surface area contributed by atoms with Gasteiger partial charge < -0.3 is 4.74 Å². The zero-order chi connectivity index (χ0) is 15.2. The number of halogens is 3. The Labute approximate surface area is 116 Å². The normalized spacial score (nSPS) is 13.1. The first-order valence-electron chi connectivity index (χ1n) is 6.69. The molecule has 1 aromatic carbocycles. The van der Waals surface area contributed by atoms with Crippen LogP contribution in [0, 0.1) is 0 Å². The van der Waals surface area contributed by atoms with Crippen LogP contribution in [0.1, 0.15) is 56.8 Å². The molecular formula is C15H19F3O2. The molecule has 0 aromatic heterocycles. The van der Waals surface area contributed by atoms with E-state index in [2.05, 4.69) is 6.92 Å². The molecule has 0 aliphatic heterocycles. The fourth-order valence-corrected chi connectivity index (χ4v) is 1.96. The molecule has 0 heterocycles. The molecule has 0 radical (unpaired) electrons. The fourth-order valence-electron chi connectivity index (χ4n) is 1.96. The Kier molecular flexibility index (Phi) is 6.05. The summed E-state index contributed by atoms with van der Waals surface area (Å²) in [7, 11) is 0. The average Bonchev–Trinajstić information content (AvgIpc) is 2.36. The van der Waals surface area contributed by atoms with Gasteiger partial charge in [-0.15, -0.1) is 0 Å². The van der Waals surface area contributed by atoms with Gasteiger partial charge in [0.15, 0.2) is 0 Å². The van der Waals surface area contributed by atoms with E-state index in [0.29, 0.717) is 12.0 Å². The molecule has 1 aromatic rings. The molecule has 0 aliphatic carbocycles. The number of alkyl halides is 3. The Morgan fingerprint density at radius 3 is 2.25 bits per heavy atom. The number of hydrogen-bond donors (Lipinski definition) is 0. The number of unbranched alkanes of at least 4 members (excludes halogenated alkanes) is 2. The summed E-state index contributed by atoms with van der Waals surface area (Å²) in [6.45, 7) is 3.36. The molecule has 5 heteroatoms. The third-order valence-corrected chi connectivity index (χ3v) is 2.99. The summed E-state index contributed by atoms with van der Waals surface area (Å²) in [6.07, 6.45) is -1.30. The zero-order valence-electron chi connectivity index (χ0n) is 11.7. The van der Waals surface area contributed by atoms with Gasteiger partial charge in [-0.25, -0.2) is 0 Å². The Balaban J connectivity index is 2.81. The van der Waals surface area contributed by atoms with Gasteiger partial charge in [-0.05, 0) is 30.5 Å². The minimum absolute atomic E-state index is 0.425. The second-order valence-corrected chi connectivity index (χ2v) is 4.71. The van der Waals surface area contributed by atoms with E-state index in [9.17, 15) is 18.0 Å². The van der Waals surface area contributed by atoms with E-state index in [1.54, 1.807) is 0 Å². The monoisotopic (exact) mass is 288 g/mol. The maximum Gasteiger partial charge on any atom is 0.416 e. The van der Waals surface area contributed by atoms with Crippen molar-refractivity contribution in [3.63, 3.8) is 0 Å². The lowest BCUT2D eigenvalue weighted by Gasteiger charge is -2.18. The molecule has 1 rings (SSSR count).